The summed E-state index contributed by atoms with van der Waals surface area (Å²) in [6.45, 7) is 4.20. The van der Waals surface area contributed by atoms with Crippen molar-refractivity contribution in [3.05, 3.63) is 0 Å². The molecule has 16 heavy (non-hydrogen) atoms. The second-order valence-electron chi connectivity index (χ2n) is 4.56. The van der Waals surface area contributed by atoms with E-state index in [1.54, 1.807) is 16.8 Å². The van der Waals surface area contributed by atoms with Crippen LogP contribution in [0.1, 0.15) is 33.1 Å². The molecule has 1 saturated carbocycles. The monoisotopic (exact) mass is 228 g/mol. The number of aliphatic carboxylic acids is 1. The average Bonchev–Trinajstić information content (AvgIpc) is 3.00. The van der Waals surface area contributed by atoms with E-state index in [0.29, 0.717) is 6.54 Å². The summed E-state index contributed by atoms with van der Waals surface area (Å²) in [4.78, 5) is 25.9. The molecule has 0 aromatic rings. The zero-order chi connectivity index (χ0) is 12.3. The van der Waals surface area contributed by atoms with Crippen LogP contribution in [0.15, 0.2) is 0 Å². The molecule has 92 valence electrons. The van der Waals surface area contributed by atoms with Crippen molar-refractivity contribution in [2.75, 3.05) is 13.6 Å². The van der Waals surface area contributed by atoms with Gasteiger partial charge in [0.25, 0.3) is 0 Å². The zero-order valence-corrected chi connectivity index (χ0v) is 10.1. The molecule has 0 heterocycles. The predicted molar refractivity (Wildman–Crippen MR) is 60.3 cm³/mol. The molecular weight excluding hydrogens is 208 g/mol. The van der Waals surface area contributed by atoms with E-state index >= 15 is 0 Å². The second kappa shape index (κ2) is 5.18. The Labute approximate surface area is 96.0 Å². The number of carbonyl (C=O) groups is 2. The van der Waals surface area contributed by atoms with Crippen LogP contribution >= 0.6 is 0 Å². The molecule has 1 fully saturated rings. The van der Waals surface area contributed by atoms with Crippen molar-refractivity contribution < 1.29 is 14.7 Å². The van der Waals surface area contributed by atoms with E-state index in [4.69, 9.17) is 5.11 Å². The average molecular weight is 228 g/mol. The van der Waals surface area contributed by atoms with Gasteiger partial charge in [-0.3, -0.25) is 4.79 Å². The number of rotatable bonds is 5. The summed E-state index contributed by atoms with van der Waals surface area (Å²) >= 11 is 0. The first-order chi connectivity index (χ1) is 7.43. The van der Waals surface area contributed by atoms with Crippen LogP contribution in [-0.4, -0.2) is 52.6 Å². The van der Waals surface area contributed by atoms with Crippen molar-refractivity contribution in [2.24, 2.45) is 0 Å². The van der Waals surface area contributed by atoms with Gasteiger partial charge in [-0.1, -0.05) is 0 Å². The van der Waals surface area contributed by atoms with E-state index < -0.39 is 5.97 Å². The zero-order valence-electron chi connectivity index (χ0n) is 10.1. The first-order valence-electron chi connectivity index (χ1n) is 5.68. The number of hydrogen-bond acceptors (Lipinski definition) is 2. The summed E-state index contributed by atoms with van der Waals surface area (Å²) < 4.78 is 0. The minimum absolute atomic E-state index is 0.0220. The van der Waals surface area contributed by atoms with Gasteiger partial charge in [-0.15, -0.1) is 0 Å². The van der Waals surface area contributed by atoms with Crippen molar-refractivity contribution in [3.63, 3.8) is 0 Å². The number of hydrogen-bond donors (Lipinski definition) is 1. The van der Waals surface area contributed by atoms with Crippen molar-refractivity contribution in [1.29, 1.82) is 0 Å². The summed E-state index contributed by atoms with van der Waals surface area (Å²) in [6.07, 6.45) is 2.02. The largest absolute Gasteiger partial charge is 0.481 e. The highest BCUT2D eigenvalue weighted by Gasteiger charge is 2.34. The fourth-order valence-corrected chi connectivity index (χ4v) is 1.46. The Balaban J connectivity index is 2.55. The van der Waals surface area contributed by atoms with Crippen LogP contribution in [0.4, 0.5) is 4.79 Å². The fourth-order valence-electron chi connectivity index (χ4n) is 1.46. The van der Waals surface area contributed by atoms with E-state index in [1.165, 1.54) is 0 Å². The highest BCUT2D eigenvalue weighted by molar-refractivity contribution is 5.76. The van der Waals surface area contributed by atoms with Crippen LogP contribution in [0.25, 0.3) is 0 Å². The Hall–Kier alpha value is -1.26. The van der Waals surface area contributed by atoms with Crippen molar-refractivity contribution in [3.8, 4) is 0 Å². The lowest BCUT2D eigenvalue weighted by Crippen LogP contribution is -2.46. The maximum absolute atomic E-state index is 12.0. The van der Waals surface area contributed by atoms with Gasteiger partial charge in [-0.2, -0.15) is 0 Å². The molecule has 0 unspecified atom stereocenters. The summed E-state index contributed by atoms with van der Waals surface area (Å²) in [5.41, 5.74) is 0. The van der Waals surface area contributed by atoms with Crippen LogP contribution in [0.3, 0.4) is 0 Å². The molecule has 5 nitrogen and oxygen atoms in total. The molecule has 0 aromatic heterocycles. The van der Waals surface area contributed by atoms with Crippen molar-refractivity contribution >= 4 is 12.0 Å². The topological polar surface area (TPSA) is 60.9 Å². The lowest BCUT2D eigenvalue weighted by molar-refractivity contribution is -0.137. The lowest BCUT2D eigenvalue weighted by Gasteiger charge is -2.30. The summed E-state index contributed by atoms with van der Waals surface area (Å²) in [6, 6.07) is 0.338. The van der Waals surface area contributed by atoms with E-state index in [-0.39, 0.29) is 24.5 Å². The van der Waals surface area contributed by atoms with E-state index in [9.17, 15) is 9.59 Å². The molecule has 0 aromatic carbocycles. The molecule has 0 bridgehead atoms. The molecule has 1 rings (SSSR count). The second-order valence-corrected chi connectivity index (χ2v) is 4.56. The fraction of sp³-hybridized carbons (Fsp3) is 0.818. The van der Waals surface area contributed by atoms with Gasteiger partial charge in [-0.05, 0) is 26.7 Å². The first kappa shape index (κ1) is 12.8. The molecule has 0 spiro atoms. The maximum Gasteiger partial charge on any atom is 0.320 e. The van der Waals surface area contributed by atoms with Crippen molar-refractivity contribution in [1.82, 2.24) is 9.80 Å². The Morgan fingerprint density at radius 1 is 1.38 bits per heavy atom. The summed E-state index contributed by atoms with van der Waals surface area (Å²) in [5.74, 6) is -0.856. The van der Waals surface area contributed by atoms with Crippen LogP contribution < -0.4 is 0 Å². The van der Waals surface area contributed by atoms with Gasteiger partial charge in [0.1, 0.15) is 0 Å². The molecule has 2 amide bonds. The Kier molecular flexibility index (Phi) is 4.15. The normalized spacial score (nSPS) is 15.0. The third-order valence-corrected chi connectivity index (χ3v) is 2.88. The molecule has 0 radical (unpaired) electrons. The molecular formula is C11H20N2O3. The van der Waals surface area contributed by atoms with Crippen LogP contribution in [0, 0.1) is 0 Å². The maximum atomic E-state index is 12.0. The molecule has 1 aliphatic carbocycles. The minimum atomic E-state index is -0.856. The standard InChI is InChI=1S/C11H20N2O3/c1-8(2)12(3)11(16)13(9-4-5-9)7-6-10(14)15/h8-9H,4-7H2,1-3H3,(H,14,15). The smallest absolute Gasteiger partial charge is 0.320 e. The Bertz CT molecular complexity index is 274. The summed E-state index contributed by atoms with van der Waals surface area (Å²) in [5, 5.41) is 8.64. The number of nitrogens with zero attached hydrogens (tertiary/aromatic N) is 2. The van der Waals surface area contributed by atoms with Gasteiger partial charge in [0.05, 0.1) is 6.42 Å². The molecule has 0 saturated heterocycles. The van der Waals surface area contributed by atoms with E-state index in [1.807, 2.05) is 13.8 Å². The van der Waals surface area contributed by atoms with Crippen LogP contribution in [-0.2, 0) is 4.79 Å². The van der Waals surface area contributed by atoms with Crippen LogP contribution in [0.5, 0.6) is 0 Å². The van der Waals surface area contributed by atoms with E-state index in [0.717, 1.165) is 12.8 Å². The number of amides is 2. The number of urea groups is 1. The van der Waals surface area contributed by atoms with Crippen LogP contribution in [0.2, 0.25) is 0 Å². The highest BCUT2D eigenvalue weighted by Crippen LogP contribution is 2.28. The summed E-state index contributed by atoms with van der Waals surface area (Å²) in [7, 11) is 1.75. The molecule has 0 atom stereocenters. The number of carboxylic acids is 1. The third-order valence-electron chi connectivity index (χ3n) is 2.88. The predicted octanol–water partition coefficient (Wildman–Crippen LogP) is 1.39. The van der Waals surface area contributed by atoms with Gasteiger partial charge in [-0.25, -0.2) is 4.79 Å². The minimum Gasteiger partial charge on any atom is -0.481 e. The van der Waals surface area contributed by atoms with Gasteiger partial charge < -0.3 is 14.9 Å². The number of carboxylic acid groups (broad SMARTS) is 1. The van der Waals surface area contributed by atoms with Gasteiger partial charge in [0, 0.05) is 25.7 Å². The molecule has 0 aliphatic heterocycles. The Morgan fingerprint density at radius 3 is 2.31 bits per heavy atom. The first-order valence-corrected chi connectivity index (χ1v) is 5.68. The quantitative estimate of drug-likeness (QED) is 0.773. The van der Waals surface area contributed by atoms with Gasteiger partial charge in [0.2, 0.25) is 0 Å². The van der Waals surface area contributed by atoms with Gasteiger partial charge in [0.15, 0.2) is 0 Å². The van der Waals surface area contributed by atoms with Crippen molar-refractivity contribution in [2.45, 2.75) is 45.2 Å². The SMILES string of the molecule is CC(C)N(C)C(=O)N(CCC(=O)O)C1CC1. The highest BCUT2D eigenvalue weighted by atomic mass is 16.4. The molecule has 1 N–H and O–H groups in total. The third kappa shape index (κ3) is 3.40. The molecule has 1 aliphatic rings. The van der Waals surface area contributed by atoms with E-state index in [2.05, 4.69) is 0 Å². The van der Waals surface area contributed by atoms with Gasteiger partial charge >= 0.3 is 12.0 Å². The number of carbonyl (C=O) groups excluding carboxylic acids is 1. The Morgan fingerprint density at radius 2 is 1.94 bits per heavy atom. The molecule has 5 heteroatoms. The lowest BCUT2D eigenvalue weighted by atomic mass is 10.3.